The summed E-state index contributed by atoms with van der Waals surface area (Å²) in [6.07, 6.45) is 3.20. The SMILES string of the molecule is COC(=O)c1cc([N+](=O)[O-])c(NCCn2ccnn2)cc1Cl. The molecule has 0 bridgehead atoms. The van der Waals surface area contributed by atoms with E-state index in [-0.39, 0.29) is 22.0 Å². The number of hydrogen-bond donors (Lipinski definition) is 1. The zero-order valence-electron chi connectivity index (χ0n) is 11.5. The van der Waals surface area contributed by atoms with Gasteiger partial charge in [-0.3, -0.25) is 14.8 Å². The standard InChI is InChI=1S/C12H12ClN5O4/c1-22-12(19)8-6-11(18(20)21)10(7-9(8)13)14-2-4-17-5-3-15-16-17/h3,5-7,14H,2,4H2,1H3. The fourth-order valence-corrected chi connectivity index (χ4v) is 2.02. The Balaban J connectivity index is 2.20. The summed E-state index contributed by atoms with van der Waals surface area (Å²) in [6.45, 7) is 0.839. The maximum Gasteiger partial charge on any atom is 0.339 e. The minimum atomic E-state index is -0.734. The molecule has 116 valence electrons. The van der Waals surface area contributed by atoms with Crippen LogP contribution in [0.2, 0.25) is 5.02 Å². The average molecular weight is 326 g/mol. The Morgan fingerprint density at radius 1 is 1.55 bits per heavy atom. The highest BCUT2D eigenvalue weighted by molar-refractivity contribution is 6.34. The first-order valence-electron chi connectivity index (χ1n) is 6.17. The minimum absolute atomic E-state index is 0.0577. The van der Waals surface area contributed by atoms with Crippen molar-refractivity contribution in [2.75, 3.05) is 19.0 Å². The number of methoxy groups -OCH3 is 1. The number of benzene rings is 1. The van der Waals surface area contributed by atoms with E-state index in [1.54, 1.807) is 10.9 Å². The predicted octanol–water partition coefficient (Wildman–Crippen LogP) is 1.74. The maximum atomic E-state index is 11.5. The van der Waals surface area contributed by atoms with Crippen LogP contribution in [0.5, 0.6) is 0 Å². The summed E-state index contributed by atoms with van der Waals surface area (Å²) in [7, 11) is 1.18. The van der Waals surface area contributed by atoms with Gasteiger partial charge in [0.05, 0.1) is 35.4 Å². The molecule has 0 saturated carbocycles. The number of hydrogen-bond acceptors (Lipinski definition) is 7. The first kappa shape index (κ1) is 15.7. The van der Waals surface area contributed by atoms with Crippen LogP contribution >= 0.6 is 11.6 Å². The molecule has 0 atom stereocenters. The third-order valence-corrected chi connectivity index (χ3v) is 3.13. The van der Waals surface area contributed by atoms with Crippen molar-refractivity contribution >= 4 is 28.9 Å². The number of anilines is 1. The number of aromatic nitrogens is 3. The minimum Gasteiger partial charge on any atom is -0.465 e. The molecule has 0 amide bonds. The molecular weight excluding hydrogens is 314 g/mol. The van der Waals surface area contributed by atoms with Gasteiger partial charge in [0.2, 0.25) is 0 Å². The van der Waals surface area contributed by atoms with E-state index in [0.29, 0.717) is 13.1 Å². The average Bonchev–Trinajstić information content (AvgIpc) is 2.99. The summed E-state index contributed by atoms with van der Waals surface area (Å²) < 4.78 is 6.11. The van der Waals surface area contributed by atoms with Crippen LogP contribution < -0.4 is 5.32 Å². The lowest BCUT2D eigenvalue weighted by atomic mass is 10.1. The number of halogens is 1. The molecule has 2 rings (SSSR count). The molecule has 0 spiro atoms. The Morgan fingerprint density at radius 3 is 2.91 bits per heavy atom. The Labute approximate surface area is 130 Å². The van der Waals surface area contributed by atoms with Crippen molar-refractivity contribution in [3.05, 3.63) is 45.2 Å². The van der Waals surface area contributed by atoms with E-state index < -0.39 is 10.9 Å². The molecule has 22 heavy (non-hydrogen) atoms. The van der Waals surface area contributed by atoms with Crippen LogP contribution in [0.1, 0.15) is 10.4 Å². The normalized spacial score (nSPS) is 10.3. The van der Waals surface area contributed by atoms with Crippen LogP contribution in [0.15, 0.2) is 24.5 Å². The molecule has 2 aromatic rings. The van der Waals surface area contributed by atoms with E-state index >= 15 is 0 Å². The molecule has 1 aromatic carbocycles. The van der Waals surface area contributed by atoms with E-state index in [2.05, 4.69) is 20.4 Å². The third kappa shape index (κ3) is 3.50. The van der Waals surface area contributed by atoms with Gasteiger partial charge in [0, 0.05) is 18.8 Å². The maximum absolute atomic E-state index is 11.5. The van der Waals surface area contributed by atoms with Gasteiger partial charge in [0.25, 0.3) is 5.69 Å². The van der Waals surface area contributed by atoms with E-state index in [1.807, 2.05) is 0 Å². The van der Waals surface area contributed by atoms with Crippen LogP contribution in [-0.4, -0.2) is 39.5 Å². The van der Waals surface area contributed by atoms with Crippen LogP contribution in [-0.2, 0) is 11.3 Å². The van der Waals surface area contributed by atoms with Crippen molar-refractivity contribution in [1.82, 2.24) is 15.0 Å². The molecule has 0 aliphatic carbocycles. The van der Waals surface area contributed by atoms with Gasteiger partial charge in [0.15, 0.2) is 0 Å². The molecule has 0 unspecified atom stereocenters. The fraction of sp³-hybridized carbons (Fsp3) is 0.250. The highest BCUT2D eigenvalue weighted by Gasteiger charge is 2.21. The summed E-state index contributed by atoms with van der Waals surface area (Å²) >= 11 is 5.97. The van der Waals surface area contributed by atoms with Gasteiger partial charge >= 0.3 is 5.97 Å². The quantitative estimate of drug-likeness (QED) is 0.489. The first-order chi connectivity index (χ1) is 10.5. The Bertz CT molecular complexity index is 689. The number of nitro groups is 1. The summed E-state index contributed by atoms with van der Waals surface area (Å²) in [5.74, 6) is -0.734. The largest absolute Gasteiger partial charge is 0.465 e. The zero-order valence-corrected chi connectivity index (χ0v) is 12.3. The topological polar surface area (TPSA) is 112 Å². The molecule has 0 radical (unpaired) electrons. The number of carbonyl (C=O) groups is 1. The molecule has 0 aliphatic rings. The molecule has 0 saturated heterocycles. The Hall–Kier alpha value is -2.68. The second kappa shape index (κ2) is 6.85. The smallest absolute Gasteiger partial charge is 0.339 e. The van der Waals surface area contributed by atoms with Crippen LogP contribution in [0.25, 0.3) is 0 Å². The van der Waals surface area contributed by atoms with Crippen molar-refractivity contribution in [2.24, 2.45) is 0 Å². The van der Waals surface area contributed by atoms with Gasteiger partial charge < -0.3 is 10.1 Å². The summed E-state index contributed by atoms with van der Waals surface area (Å²) in [6, 6.07) is 2.42. The van der Waals surface area contributed by atoms with E-state index in [4.69, 9.17) is 11.6 Å². The van der Waals surface area contributed by atoms with E-state index in [1.165, 1.54) is 19.4 Å². The second-order valence-electron chi connectivity index (χ2n) is 4.19. The number of nitrogens with zero attached hydrogens (tertiary/aromatic N) is 4. The van der Waals surface area contributed by atoms with Crippen molar-refractivity contribution in [3.63, 3.8) is 0 Å². The first-order valence-corrected chi connectivity index (χ1v) is 6.55. The second-order valence-corrected chi connectivity index (χ2v) is 4.60. The zero-order chi connectivity index (χ0) is 16.1. The van der Waals surface area contributed by atoms with Crippen LogP contribution in [0.4, 0.5) is 11.4 Å². The van der Waals surface area contributed by atoms with Crippen molar-refractivity contribution in [3.8, 4) is 0 Å². The molecule has 1 heterocycles. The van der Waals surface area contributed by atoms with E-state index in [0.717, 1.165) is 6.07 Å². The predicted molar refractivity (Wildman–Crippen MR) is 78.0 cm³/mol. The molecule has 1 N–H and O–H groups in total. The number of nitro benzene ring substituents is 1. The fourth-order valence-electron chi connectivity index (χ4n) is 1.78. The van der Waals surface area contributed by atoms with Gasteiger partial charge in [-0.15, -0.1) is 5.10 Å². The lowest BCUT2D eigenvalue weighted by molar-refractivity contribution is -0.384. The van der Waals surface area contributed by atoms with Gasteiger partial charge in [-0.25, -0.2) is 4.79 Å². The van der Waals surface area contributed by atoms with Crippen LogP contribution in [0, 0.1) is 10.1 Å². The molecule has 9 nitrogen and oxygen atoms in total. The van der Waals surface area contributed by atoms with Gasteiger partial charge in [-0.1, -0.05) is 16.8 Å². The highest BCUT2D eigenvalue weighted by atomic mass is 35.5. The Kier molecular flexibility index (Phi) is 4.89. The van der Waals surface area contributed by atoms with E-state index in [9.17, 15) is 14.9 Å². The monoisotopic (exact) mass is 325 g/mol. The lowest BCUT2D eigenvalue weighted by Gasteiger charge is -2.09. The number of carbonyl (C=O) groups excluding carboxylic acids is 1. The number of rotatable bonds is 6. The van der Waals surface area contributed by atoms with Gasteiger partial charge in [0.1, 0.15) is 5.69 Å². The van der Waals surface area contributed by atoms with Crippen molar-refractivity contribution in [2.45, 2.75) is 6.54 Å². The molecule has 10 heteroatoms. The molecular formula is C12H12ClN5O4. The van der Waals surface area contributed by atoms with Gasteiger partial charge in [-0.2, -0.15) is 0 Å². The summed E-state index contributed by atoms with van der Waals surface area (Å²) in [5, 5.41) is 21.5. The summed E-state index contributed by atoms with van der Waals surface area (Å²) in [5.41, 5.74) is -0.108. The Morgan fingerprint density at radius 2 is 2.32 bits per heavy atom. The summed E-state index contributed by atoms with van der Waals surface area (Å²) in [4.78, 5) is 22.1. The number of nitrogens with one attached hydrogen (secondary N) is 1. The highest BCUT2D eigenvalue weighted by Crippen LogP contribution is 2.31. The number of ether oxygens (including phenoxy) is 1. The lowest BCUT2D eigenvalue weighted by Crippen LogP contribution is -2.13. The molecule has 1 aromatic heterocycles. The van der Waals surface area contributed by atoms with Crippen LogP contribution in [0.3, 0.4) is 0 Å². The van der Waals surface area contributed by atoms with Gasteiger partial charge in [-0.05, 0) is 6.07 Å². The van der Waals surface area contributed by atoms with Crippen molar-refractivity contribution < 1.29 is 14.5 Å². The number of esters is 1. The molecule has 0 fully saturated rings. The third-order valence-electron chi connectivity index (χ3n) is 2.82. The van der Waals surface area contributed by atoms with Crippen molar-refractivity contribution in [1.29, 1.82) is 0 Å². The molecule has 0 aliphatic heterocycles.